The maximum Gasteiger partial charge on any atom is 0.357 e. The number of esters is 1. The third-order valence-electron chi connectivity index (χ3n) is 3.39. The molecular weight excluding hydrogens is 270 g/mol. The molecule has 6 nitrogen and oxygen atoms in total. The minimum absolute atomic E-state index is 0.0816. The number of nitrogens with two attached hydrogens (primary N) is 1. The molecule has 108 valence electrons. The van der Waals surface area contributed by atoms with Gasteiger partial charge in [0.25, 0.3) is 0 Å². The number of rotatable bonds is 3. The Balaban J connectivity index is 2.76. The molecule has 0 saturated carbocycles. The van der Waals surface area contributed by atoms with Crippen molar-refractivity contribution in [2.45, 2.75) is 13.5 Å². The van der Waals surface area contributed by atoms with Crippen molar-refractivity contribution < 1.29 is 14.6 Å². The molecule has 6 heteroatoms. The van der Waals surface area contributed by atoms with E-state index in [0.717, 1.165) is 11.1 Å². The van der Waals surface area contributed by atoms with E-state index in [1.165, 1.54) is 17.9 Å². The van der Waals surface area contributed by atoms with Gasteiger partial charge >= 0.3 is 5.97 Å². The Morgan fingerprint density at radius 2 is 2.24 bits per heavy atom. The molecule has 0 aliphatic carbocycles. The standard InChI is InChI=1S/C15H15N3O3/c1-9-10(8-19)4-3-5-12(9)18-7-11(6-16)13(17)14(18)15(20)21-2/h3-5,7,19H,8,17H2,1-2H3. The summed E-state index contributed by atoms with van der Waals surface area (Å²) in [5, 5.41) is 18.4. The molecule has 0 bridgehead atoms. The average Bonchev–Trinajstić information content (AvgIpc) is 2.83. The van der Waals surface area contributed by atoms with Crippen LogP contribution in [0.25, 0.3) is 5.69 Å². The third kappa shape index (κ3) is 2.35. The molecule has 0 unspecified atom stereocenters. The molecule has 0 radical (unpaired) electrons. The van der Waals surface area contributed by atoms with Gasteiger partial charge in [-0.05, 0) is 24.1 Å². The number of nitrogens with zero attached hydrogens (tertiary/aromatic N) is 2. The average molecular weight is 285 g/mol. The van der Waals surface area contributed by atoms with Crippen LogP contribution < -0.4 is 5.73 Å². The van der Waals surface area contributed by atoms with Crippen LogP contribution >= 0.6 is 0 Å². The summed E-state index contributed by atoms with van der Waals surface area (Å²) >= 11 is 0. The number of hydrogen-bond donors (Lipinski definition) is 2. The number of anilines is 1. The van der Waals surface area contributed by atoms with Gasteiger partial charge in [-0.15, -0.1) is 0 Å². The van der Waals surface area contributed by atoms with Crippen LogP contribution in [0.3, 0.4) is 0 Å². The molecule has 0 spiro atoms. The molecule has 3 N–H and O–H groups in total. The first kappa shape index (κ1) is 14.6. The number of benzene rings is 1. The zero-order valence-corrected chi connectivity index (χ0v) is 11.8. The molecule has 0 amide bonds. The maximum atomic E-state index is 11.9. The van der Waals surface area contributed by atoms with Gasteiger partial charge in [0, 0.05) is 11.9 Å². The Hall–Kier alpha value is -2.78. The topological polar surface area (TPSA) is 101 Å². The van der Waals surface area contributed by atoms with Crippen molar-refractivity contribution in [3.63, 3.8) is 0 Å². The fourth-order valence-electron chi connectivity index (χ4n) is 2.21. The van der Waals surface area contributed by atoms with Gasteiger partial charge in [0.1, 0.15) is 6.07 Å². The van der Waals surface area contributed by atoms with Crippen molar-refractivity contribution in [2.75, 3.05) is 12.8 Å². The Labute approximate surface area is 122 Å². The van der Waals surface area contributed by atoms with Crippen LogP contribution in [0, 0.1) is 18.3 Å². The van der Waals surface area contributed by atoms with Gasteiger partial charge in [-0.25, -0.2) is 4.79 Å². The summed E-state index contributed by atoms with van der Waals surface area (Å²) in [6.45, 7) is 1.71. The molecule has 0 aliphatic heterocycles. The molecule has 21 heavy (non-hydrogen) atoms. The van der Waals surface area contributed by atoms with Gasteiger partial charge in [-0.1, -0.05) is 12.1 Å². The van der Waals surface area contributed by atoms with Crippen LogP contribution in [0.1, 0.15) is 27.2 Å². The number of carbonyl (C=O) groups is 1. The Morgan fingerprint density at radius 3 is 2.81 bits per heavy atom. The molecule has 2 aromatic rings. The van der Waals surface area contributed by atoms with Crippen molar-refractivity contribution in [3.8, 4) is 11.8 Å². The maximum absolute atomic E-state index is 11.9. The number of nitrogen functional groups attached to an aromatic ring is 1. The summed E-state index contributed by atoms with van der Waals surface area (Å²) in [5.74, 6) is -0.622. The molecule has 0 saturated heterocycles. The summed E-state index contributed by atoms with van der Waals surface area (Å²) in [4.78, 5) is 11.9. The number of nitriles is 1. The second kappa shape index (κ2) is 5.69. The first-order chi connectivity index (χ1) is 10.0. The molecule has 0 fully saturated rings. The molecule has 0 atom stereocenters. The second-order valence-corrected chi connectivity index (χ2v) is 4.50. The van der Waals surface area contributed by atoms with Gasteiger partial charge in [-0.2, -0.15) is 5.26 Å². The Morgan fingerprint density at radius 1 is 1.52 bits per heavy atom. The van der Waals surface area contributed by atoms with E-state index in [1.807, 2.05) is 13.0 Å². The SMILES string of the molecule is COC(=O)c1c(N)c(C#N)cn1-c1cccc(CO)c1C. The minimum Gasteiger partial charge on any atom is -0.464 e. The number of methoxy groups -OCH3 is 1. The zero-order chi connectivity index (χ0) is 15.6. The number of aliphatic hydroxyl groups excluding tert-OH is 1. The van der Waals surface area contributed by atoms with E-state index in [0.29, 0.717) is 5.69 Å². The van der Waals surface area contributed by atoms with Gasteiger partial charge < -0.3 is 20.1 Å². The molecular formula is C15H15N3O3. The highest BCUT2D eigenvalue weighted by Crippen LogP contribution is 2.27. The number of aliphatic hydroxyl groups is 1. The van der Waals surface area contributed by atoms with Crippen molar-refractivity contribution >= 4 is 11.7 Å². The highest BCUT2D eigenvalue weighted by Gasteiger charge is 2.22. The van der Waals surface area contributed by atoms with E-state index in [1.54, 1.807) is 18.2 Å². The predicted molar refractivity (Wildman–Crippen MR) is 76.9 cm³/mol. The number of aromatic nitrogens is 1. The molecule has 2 rings (SSSR count). The number of hydrogen-bond acceptors (Lipinski definition) is 5. The van der Waals surface area contributed by atoms with E-state index in [-0.39, 0.29) is 23.6 Å². The van der Waals surface area contributed by atoms with Gasteiger partial charge in [-0.3, -0.25) is 0 Å². The summed E-state index contributed by atoms with van der Waals surface area (Å²) in [6.07, 6.45) is 1.49. The van der Waals surface area contributed by atoms with Crippen LogP contribution in [0.5, 0.6) is 0 Å². The summed E-state index contributed by atoms with van der Waals surface area (Å²) in [6, 6.07) is 7.28. The first-order valence-electron chi connectivity index (χ1n) is 6.24. The smallest absolute Gasteiger partial charge is 0.357 e. The van der Waals surface area contributed by atoms with Crippen LogP contribution in [0.4, 0.5) is 5.69 Å². The summed E-state index contributed by atoms with van der Waals surface area (Å²) < 4.78 is 6.26. The van der Waals surface area contributed by atoms with Crippen molar-refractivity contribution in [2.24, 2.45) is 0 Å². The van der Waals surface area contributed by atoms with E-state index in [2.05, 4.69) is 0 Å². The normalized spacial score (nSPS) is 10.2. The largest absolute Gasteiger partial charge is 0.464 e. The van der Waals surface area contributed by atoms with Crippen LogP contribution in [-0.2, 0) is 11.3 Å². The minimum atomic E-state index is -0.622. The molecule has 1 aromatic heterocycles. The van der Waals surface area contributed by atoms with E-state index >= 15 is 0 Å². The summed E-state index contributed by atoms with van der Waals surface area (Å²) in [7, 11) is 1.25. The van der Waals surface area contributed by atoms with Crippen LogP contribution in [0.15, 0.2) is 24.4 Å². The van der Waals surface area contributed by atoms with Crippen molar-refractivity contribution in [1.29, 1.82) is 5.26 Å². The third-order valence-corrected chi connectivity index (χ3v) is 3.39. The highest BCUT2D eigenvalue weighted by atomic mass is 16.5. The molecule has 1 aromatic carbocycles. The number of ether oxygens (including phenoxy) is 1. The lowest BCUT2D eigenvalue weighted by Crippen LogP contribution is -2.12. The van der Waals surface area contributed by atoms with Crippen LogP contribution in [-0.4, -0.2) is 22.8 Å². The highest BCUT2D eigenvalue weighted by molar-refractivity contribution is 5.96. The lowest BCUT2D eigenvalue weighted by Gasteiger charge is -2.13. The molecule has 0 aliphatic rings. The fourth-order valence-corrected chi connectivity index (χ4v) is 2.21. The van der Waals surface area contributed by atoms with Gasteiger partial charge in [0.15, 0.2) is 5.69 Å². The van der Waals surface area contributed by atoms with Crippen LogP contribution in [0.2, 0.25) is 0 Å². The lowest BCUT2D eigenvalue weighted by molar-refractivity contribution is 0.0593. The van der Waals surface area contributed by atoms with E-state index in [4.69, 9.17) is 15.7 Å². The quantitative estimate of drug-likeness (QED) is 0.832. The second-order valence-electron chi connectivity index (χ2n) is 4.50. The lowest BCUT2D eigenvalue weighted by atomic mass is 10.1. The monoisotopic (exact) mass is 285 g/mol. The van der Waals surface area contributed by atoms with Crippen molar-refractivity contribution in [1.82, 2.24) is 4.57 Å². The van der Waals surface area contributed by atoms with Crippen molar-refractivity contribution in [3.05, 3.63) is 46.8 Å². The fraction of sp³-hybridized carbons (Fsp3) is 0.200. The number of carbonyl (C=O) groups excluding carboxylic acids is 1. The van der Waals surface area contributed by atoms with Gasteiger partial charge in [0.2, 0.25) is 0 Å². The Bertz CT molecular complexity index is 741. The predicted octanol–water partition coefficient (Wildman–Crippen LogP) is 1.52. The zero-order valence-electron chi connectivity index (χ0n) is 11.8. The summed E-state index contributed by atoms with van der Waals surface area (Å²) in [5.41, 5.74) is 8.43. The molecule has 1 heterocycles. The first-order valence-corrected chi connectivity index (χ1v) is 6.24. The van der Waals surface area contributed by atoms with E-state index < -0.39 is 5.97 Å². The Kier molecular flexibility index (Phi) is 3.96. The van der Waals surface area contributed by atoms with E-state index in [9.17, 15) is 9.90 Å². The van der Waals surface area contributed by atoms with Gasteiger partial charge in [0.05, 0.1) is 25.0 Å².